The summed E-state index contributed by atoms with van der Waals surface area (Å²) in [5.41, 5.74) is 3.39. The molecule has 6 nitrogen and oxygen atoms in total. The molecule has 0 saturated heterocycles. The maximum Gasteiger partial charge on any atom is 0.223 e. The molecule has 0 bridgehead atoms. The van der Waals surface area contributed by atoms with Crippen LogP contribution in [0.2, 0.25) is 0 Å². The molecule has 1 aliphatic carbocycles. The van der Waals surface area contributed by atoms with E-state index in [2.05, 4.69) is 20.4 Å². The number of H-pyrrole nitrogens is 1. The fraction of sp³-hybridized carbons (Fsp3) is 0.533. The molecule has 0 saturated carbocycles. The van der Waals surface area contributed by atoms with Gasteiger partial charge in [-0.2, -0.15) is 5.10 Å². The topological polar surface area (TPSA) is 75.6 Å². The average molecular weight is 287 g/mol. The maximum absolute atomic E-state index is 12.2. The molecule has 1 amide bonds. The van der Waals surface area contributed by atoms with Crippen LogP contribution in [0.4, 0.5) is 0 Å². The number of fused-ring (bicyclic) bond motifs is 1. The number of rotatable bonds is 4. The van der Waals surface area contributed by atoms with Crippen LogP contribution in [0, 0.1) is 19.8 Å². The van der Waals surface area contributed by atoms with Gasteiger partial charge < -0.3 is 10.3 Å². The second kappa shape index (κ2) is 5.71. The molecule has 2 heterocycles. The van der Waals surface area contributed by atoms with Crippen molar-refractivity contribution < 1.29 is 4.79 Å². The molecule has 1 aliphatic rings. The summed E-state index contributed by atoms with van der Waals surface area (Å²) in [6.45, 7) is 5.29. The third-order valence-corrected chi connectivity index (χ3v) is 3.94. The molecule has 112 valence electrons. The van der Waals surface area contributed by atoms with Crippen LogP contribution in [0.3, 0.4) is 0 Å². The molecule has 21 heavy (non-hydrogen) atoms. The van der Waals surface area contributed by atoms with Crippen molar-refractivity contribution >= 4 is 5.91 Å². The van der Waals surface area contributed by atoms with Crippen molar-refractivity contribution in [3.8, 4) is 0 Å². The van der Waals surface area contributed by atoms with Crippen molar-refractivity contribution in [2.24, 2.45) is 5.92 Å². The van der Waals surface area contributed by atoms with Crippen LogP contribution < -0.4 is 5.32 Å². The Bertz CT molecular complexity index is 642. The van der Waals surface area contributed by atoms with Crippen molar-refractivity contribution in [3.63, 3.8) is 0 Å². The minimum Gasteiger partial charge on any atom is -0.354 e. The van der Waals surface area contributed by atoms with Crippen molar-refractivity contribution in [2.75, 3.05) is 6.54 Å². The van der Waals surface area contributed by atoms with E-state index in [0.29, 0.717) is 13.1 Å². The summed E-state index contributed by atoms with van der Waals surface area (Å²) in [5, 5.41) is 7.22. The lowest BCUT2D eigenvalue weighted by Crippen LogP contribution is -2.35. The minimum absolute atomic E-state index is 0.0525. The number of aromatic amines is 1. The van der Waals surface area contributed by atoms with Crippen molar-refractivity contribution in [2.45, 2.75) is 39.7 Å². The van der Waals surface area contributed by atoms with E-state index in [4.69, 9.17) is 0 Å². The zero-order valence-corrected chi connectivity index (χ0v) is 12.5. The maximum atomic E-state index is 12.2. The van der Waals surface area contributed by atoms with E-state index in [1.807, 2.05) is 30.9 Å². The summed E-state index contributed by atoms with van der Waals surface area (Å²) >= 11 is 0. The molecule has 0 fully saturated rings. The molecular weight excluding hydrogens is 266 g/mol. The molecule has 2 aromatic rings. The predicted molar refractivity (Wildman–Crippen MR) is 78.8 cm³/mol. The molecule has 0 aromatic carbocycles. The standard InChI is InChI=1S/C15H21N5O/c1-10-8-17-20(9-10)6-5-16-15(21)12-3-4-13-14(7-12)19-11(2)18-13/h8-9,12H,3-7H2,1-2H3,(H,16,21)(H,18,19). The van der Waals surface area contributed by atoms with Crippen LogP contribution >= 0.6 is 0 Å². The third-order valence-electron chi connectivity index (χ3n) is 3.94. The van der Waals surface area contributed by atoms with Crippen LogP contribution in [0.1, 0.15) is 29.2 Å². The highest BCUT2D eigenvalue weighted by molar-refractivity contribution is 5.79. The summed E-state index contributed by atoms with van der Waals surface area (Å²) in [6, 6.07) is 0. The molecule has 0 aliphatic heterocycles. The number of nitrogens with one attached hydrogen (secondary N) is 2. The summed E-state index contributed by atoms with van der Waals surface area (Å²) in [5.74, 6) is 1.13. The van der Waals surface area contributed by atoms with Gasteiger partial charge in [0, 0.05) is 30.8 Å². The lowest BCUT2D eigenvalue weighted by Gasteiger charge is -2.20. The molecule has 2 aromatic heterocycles. The molecule has 0 radical (unpaired) electrons. The van der Waals surface area contributed by atoms with Crippen molar-refractivity contribution in [3.05, 3.63) is 35.2 Å². The number of hydrogen-bond donors (Lipinski definition) is 2. The highest BCUT2D eigenvalue weighted by Crippen LogP contribution is 2.23. The fourth-order valence-electron chi connectivity index (χ4n) is 2.87. The van der Waals surface area contributed by atoms with Crippen LogP contribution in [-0.2, 0) is 24.2 Å². The van der Waals surface area contributed by atoms with Crippen LogP contribution in [0.25, 0.3) is 0 Å². The van der Waals surface area contributed by atoms with Gasteiger partial charge in [0.1, 0.15) is 5.82 Å². The first-order valence-electron chi connectivity index (χ1n) is 7.43. The van der Waals surface area contributed by atoms with Crippen LogP contribution in [0.5, 0.6) is 0 Å². The second-order valence-corrected chi connectivity index (χ2v) is 5.76. The first-order valence-corrected chi connectivity index (χ1v) is 7.43. The van der Waals surface area contributed by atoms with E-state index in [9.17, 15) is 4.79 Å². The highest BCUT2D eigenvalue weighted by atomic mass is 16.1. The van der Waals surface area contributed by atoms with Gasteiger partial charge in [-0.25, -0.2) is 4.98 Å². The van der Waals surface area contributed by atoms with E-state index in [-0.39, 0.29) is 11.8 Å². The van der Waals surface area contributed by atoms with Gasteiger partial charge >= 0.3 is 0 Å². The summed E-state index contributed by atoms with van der Waals surface area (Å²) < 4.78 is 1.85. The number of carbonyl (C=O) groups is 1. The average Bonchev–Trinajstić information content (AvgIpc) is 3.02. The van der Waals surface area contributed by atoms with Crippen LogP contribution in [0.15, 0.2) is 12.4 Å². The fourth-order valence-corrected chi connectivity index (χ4v) is 2.87. The van der Waals surface area contributed by atoms with E-state index in [0.717, 1.165) is 42.0 Å². The van der Waals surface area contributed by atoms with E-state index < -0.39 is 0 Å². The Labute approximate surface area is 124 Å². The van der Waals surface area contributed by atoms with Gasteiger partial charge in [0.15, 0.2) is 0 Å². The molecule has 1 unspecified atom stereocenters. The zero-order chi connectivity index (χ0) is 14.8. The normalized spacial score (nSPS) is 17.5. The van der Waals surface area contributed by atoms with E-state index in [1.54, 1.807) is 0 Å². The number of aryl methyl sites for hydroxylation is 3. The van der Waals surface area contributed by atoms with E-state index in [1.165, 1.54) is 0 Å². The largest absolute Gasteiger partial charge is 0.354 e. The first-order chi connectivity index (χ1) is 10.1. The summed E-state index contributed by atoms with van der Waals surface area (Å²) in [7, 11) is 0. The molecule has 0 spiro atoms. The van der Waals surface area contributed by atoms with E-state index >= 15 is 0 Å². The van der Waals surface area contributed by atoms with Gasteiger partial charge in [-0.05, 0) is 32.3 Å². The number of nitrogens with zero attached hydrogens (tertiary/aromatic N) is 3. The Morgan fingerprint density at radius 3 is 3.14 bits per heavy atom. The van der Waals surface area contributed by atoms with Gasteiger partial charge in [0.2, 0.25) is 5.91 Å². The summed E-state index contributed by atoms with van der Waals surface area (Å²) in [4.78, 5) is 19.9. The van der Waals surface area contributed by atoms with Gasteiger partial charge in [-0.1, -0.05) is 0 Å². The number of amides is 1. The first kappa shape index (κ1) is 13.9. The molecule has 3 rings (SSSR count). The Kier molecular flexibility index (Phi) is 3.77. The smallest absolute Gasteiger partial charge is 0.223 e. The minimum atomic E-state index is 0.0525. The molecule has 1 atom stereocenters. The number of carbonyl (C=O) groups excluding carboxylic acids is 1. The van der Waals surface area contributed by atoms with Gasteiger partial charge in [0.25, 0.3) is 0 Å². The number of aromatic nitrogens is 4. The monoisotopic (exact) mass is 287 g/mol. The molecular formula is C15H21N5O. The second-order valence-electron chi connectivity index (χ2n) is 5.76. The van der Waals surface area contributed by atoms with Gasteiger partial charge in [-0.15, -0.1) is 0 Å². The van der Waals surface area contributed by atoms with Crippen molar-refractivity contribution in [1.82, 2.24) is 25.1 Å². The summed E-state index contributed by atoms with van der Waals surface area (Å²) in [6.07, 6.45) is 6.33. The zero-order valence-electron chi connectivity index (χ0n) is 12.5. The Morgan fingerprint density at radius 2 is 2.38 bits per heavy atom. The Morgan fingerprint density at radius 1 is 1.52 bits per heavy atom. The lowest BCUT2D eigenvalue weighted by molar-refractivity contribution is -0.125. The molecule has 2 N–H and O–H groups in total. The van der Waals surface area contributed by atoms with Crippen molar-refractivity contribution in [1.29, 1.82) is 0 Å². The number of hydrogen-bond acceptors (Lipinski definition) is 3. The lowest BCUT2D eigenvalue weighted by atomic mass is 9.89. The highest BCUT2D eigenvalue weighted by Gasteiger charge is 2.26. The molecule has 6 heteroatoms. The third kappa shape index (κ3) is 3.15. The van der Waals surface area contributed by atoms with Gasteiger partial charge in [-0.3, -0.25) is 9.48 Å². The van der Waals surface area contributed by atoms with Gasteiger partial charge in [0.05, 0.1) is 18.4 Å². The predicted octanol–water partition coefficient (Wildman–Crippen LogP) is 1.14. The Balaban J connectivity index is 1.50. The SMILES string of the molecule is Cc1cnn(CCNC(=O)C2CCc3nc(C)[nH]c3C2)c1. The Hall–Kier alpha value is -2.11. The van der Waals surface area contributed by atoms with Crippen LogP contribution in [-0.4, -0.2) is 32.2 Å². The quantitative estimate of drug-likeness (QED) is 0.885. The number of imidazole rings is 1.